The summed E-state index contributed by atoms with van der Waals surface area (Å²) in [5, 5.41) is 2.22. The third-order valence-corrected chi connectivity index (χ3v) is 13.0. The summed E-state index contributed by atoms with van der Waals surface area (Å²) >= 11 is 0. The Balaban J connectivity index is 0.891. The van der Waals surface area contributed by atoms with Gasteiger partial charge in [-0.15, -0.1) is 0 Å². The highest BCUT2D eigenvalue weighted by molar-refractivity contribution is 6.12. The molecule has 2 unspecified atom stereocenters. The van der Waals surface area contributed by atoms with E-state index in [9.17, 15) is 0 Å². The van der Waals surface area contributed by atoms with Crippen LogP contribution in [0.15, 0.2) is 223 Å². The second-order valence-corrected chi connectivity index (χ2v) is 16.7. The third-order valence-electron chi connectivity index (χ3n) is 13.0. The Morgan fingerprint density at radius 1 is 0.468 bits per heavy atom. The monoisotopic (exact) mass is 792 g/mol. The van der Waals surface area contributed by atoms with E-state index >= 15 is 0 Å². The molecule has 3 nitrogen and oxygen atoms in total. The number of furan rings is 1. The van der Waals surface area contributed by atoms with Crippen molar-refractivity contribution in [3.63, 3.8) is 0 Å². The Hall–Kier alpha value is -7.88. The number of aromatic nitrogens is 2. The third kappa shape index (κ3) is 5.96. The average Bonchev–Trinajstić information content (AvgIpc) is 3.72. The molecule has 0 spiro atoms. The largest absolute Gasteiger partial charge is 0.455 e. The Labute approximate surface area is 361 Å². The van der Waals surface area contributed by atoms with E-state index in [1.807, 2.05) is 6.20 Å². The van der Waals surface area contributed by atoms with Crippen LogP contribution < -0.4 is 0 Å². The Morgan fingerprint density at radius 3 is 1.81 bits per heavy atom. The van der Waals surface area contributed by atoms with Gasteiger partial charge >= 0.3 is 0 Å². The van der Waals surface area contributed by atoms with Crippen molar-refractivity contribution in [1.82, 2.24) is 9.97 Å². The molecular weight excluding hydrogens is 753 g/mol. The first-order valence-corrected chi connectivity index (χ1v) is 21.3. The molecule has 292 valence electrons. The molecule has 2 atom stereocenters. The van der Waals surface area contributed by atoms with E-state index < -0.39 is 0 Å². The zero-order valence-corrected chi connectivity index (χ0v) is 34.2. The summed E-state index contributed by atoms with van der Waals surface area (Å²) in [4.78, 5) is 10.5. The highest BCUT2D eigenvalue weighted by Crippen LogP contribution is 2.52. The Morgan fingerprint density at radius 2 is 1.05 bits per heavy atom. The molecule has 2 aliphatic carbocycles. The van der Waals surface area contributed by atoms with Crippen molar-refractivity contribution < 1.29 is 4.42 Å². The van der Waals surface area contributed by atoms with E-state index in [-0.39, 0.29) is 11.3 Å². The maximum atomic E-state index is 6.73. The average molecular weight is 793 g/mol. The lowest BCUT2D eigenvalue weighted by Gasteiger charge is -2.40. The van der Waals surface area contributed by atoms with Gasteiger partial charge in [-0.3, -0.25) is 4.98 Å². The zero-order chi connectivity index (χ0) is 41.2. The van der Waals surface area contributed by atoms with Gasteiger partial charge in [-0.05, 0) is 99.0 Å². The van der Waals surface area contributed by atoms with Gasteiger partial charge in [0.05, 0.1) is 23.3 Å². The van der Waals surface area contributed by atoms with Gasteiger partial charge in [0.2, 0.25) is 0 Å². The summed E-state index contributed by atoms with van der Waals surface area (Å²) in [5.74, 6) is 0.214. The smallest absolute Gasteiger partial charge is 0.143 e. The SMILES string of the molecule is CC12C=CC=CC1c1ccccc1-c1ncc(-c3cccc(-c4ccc(-c5cccc(-c6cc(-c7ccccc7)cc7c6oc6ccc(-c8ccccc8)cc67)c5)cc4)c3)nc12. The molecule has 62 heavy (non-hydrogen) atoms. The van der Waals surface area contributed by atoms with Gasteiger partial charge in [-0.2, -0.15) is 0 Å². The van der Waals surface area contributed by atoms with Crippen molar-refractivity contribution in [3.8, 4) is 78.1 Å². The van der Waals surface area contributed by atoms with Gasteiger partial charge in [0.15, 0.2) is 0 Å². The normalized spacial score (nSPS) is 16.2. The van der Waals surface area contributed by atoms with E-state index in [1.54, 1.807) is 0 Å². The molecule has 0 amide bonds. The molecule has 10 aromatic rings. The lowest BCUT2D eigenvalue weighted by atomic mass is 9.63. The van der Waals surface area contributed by atoms with Crippen LogP contribution >= 0.6 is 0 Å². The number of fused-ring (bicyclic) bond motifs is 9. The summed E-state index contributed by atoms with van der Waals surface area (Å²) < 4.78 is 6.73. The molecule has 0 saturated heterocycles. The number of allylic oxidation sites excluding steroid dienone is 4. The number of hydrogen-bond donors (Lipinski definition) is 0. The van der Waals surface area contributed by atoms with Crippen LogP contribution in [-0.4, -0.2) is 9.97 Å². The molecule has 2 heterocycles. The van der Waals surface area contributed by atoms with Crippen molar-refractivity contribution in [3.05, 3.63) is 230 Å². The van der Waals surface area contributed by atoms with Crippen LogP contribution in [0.1, 0.15) is 24.1 Å². The minimum atomic E-state index is -0.276. The number of rotatable bonds is 6. The van der Waals surface area contributed by atoms with Gasteiger partial charge in [0.25, 0.3) is 0 Å². The highest BCUT2D eigenvalue weighted by atomic mass is 16.3. The minimum absolute atomic E-state index is 0.214. The molecule has 12 rings (SSSR count). The van der Waals surface area contributed by atoms with Crippen molar-refractivity contribution in [1.29, 1.82) is 0 Å². The quantitative estimate of drug-likeness (QED) is 0.168. The minimum Gasteiger partial charge on any atom is -0.455 e. The summed E-state index contributed by atoms with van der Waals surface area (Å²) in [6.07, 6.45) is 10.8. The van der Waals surface area contributed by atoms with E-state index in [0.717, 1.165) is 83.5 Å². The number of nitrogens with zero attached hydrogens (tertiary/aromatic N) is 2. The first kappa shape index (κ1) is 36.0. The van der Waals surface area contributed by atoms with Crippen molar-refractivity contribution in [2.45, 2.75) is 18.3 Å². The topological polar surface area (TPSA) is 38.9 Å². The fourth-order valence-corrected chi connectivity index (χ4v) is 9.75. The fourth-order valence-electron chi connectivity index (χ4n) is 9.75. The van der Waals surface area contributed by atoms with Crippen LogP contribution in [0.3, 0.4) is 0 Å². The van der Waals surface area contributed by atoms with Crippen molar-refractivity contribution >= 4 is 21.9 Å². The van der Waals surface area contributed by atoms with Gasteiger partial charge < -0.3 is 4.42 Å². The number of benzene rings is 8. The highest BCUT2D eigenvalue weighted by Gasteiger charge is 2.43. The Bertz CT molecular complexity index is 3410. The fraction of sp³-hybridized carbons (Fsp3) is 0.0508. The molecule has 0 N–H and O–H groups in total. The van der Waals surface area contributed by atoms with Crippen LogP contribution in [0.25, 0.3) is 100 Å². The first-order chi connectivity index (χ1) is 30.6. The van der Waals surface area contributed by atoms with Crippen molar-refractivity contribution in [2.24, 2.45) is 0 Å². The maximum absolute atomic E-state index is 6.73. The van der Waals surface area contributed by atoms with Gasteiger partial charge in [-0.1, -0.05) is 176 Å². The zero-order valence-electron chi connectivity index (χ0n) is 34.2. The summed E-state index contributed by atoms with van der Waals surface area (Å²) in [7, 11) is 0. The van der Waals surface area contributed by atoms with Crippen LogP contribution in [-0.2, 0) is 5.41 Å². The molecule has 2 aliphatic rings. The van der Waals surface area contributed by atoms with Crippen LogP contribution in [0.4, 0.5) is 0 Å². The molecule has 0 radical (unpaired) electrons. The summed E-state index contributed by atoms with van der Waals surface area (Å²) in [6.45, 7) is 2.29. The predicted molar refractivity (Wildman–Crippen MR) is 256 cm³/mol. The second-order valence-electron chi connectivity index (χ2n) is 16.7. The molecule has 0 saturated carbocycles. The molecule has 2 aromatic heterocycles. The standard InChI is InChI=1S/C59H40N2O/c1-59-31-11-10-24-53(59)48-22-8-9-23-49(48)56-58(59)61-54(37-60-56)46-21-13-19-43(33-46)41-27-25-40(26-28-41)42-18-12-20-45(32-42)50-35-47(39-16-6-3-7-17-39)36-52-51-34-44(38-14-4-2-5-15-38)29-30-55(51)62-57(50)52/h2-37,53H,1H3. The van der Waals surface area contributed by atoms with E-state index in [4.69, 9.17) is 14.4 Å². The van der Waals surface area contributed by atoms with E-state index in [0.29, 0.717) is 0 Å². The lowest BCUT2D eigenvalue weighted by molar-refractivity contribution is 0.501. The summed E-state index contributed by atoms with van der Waals surface area (Å²) in [6, 6.07) is 67.3. The molecule has 8 aromatic carbocycles. The molecular formula is C59H40N2O. The Kier molecular flexibility index (Phi) is 8.36. The maximum Gasteiger partial charge on any atom is 0.143 e. The molecule has 0 bridgehead atoms. The van der Waals surface area contributed by atoms with E-state index in [2.05, 4.69) is 219 Å². The van der Waals surface area contributed by atoms with Crippen LogP contribution in [0.5, 0.6) is 0 Å². The summed E-state index contributed by atoms with van der Waals surface area (Å²) in [5.41, 5.74) is 19.4. The lowest BCUT2D eigenvalue weighted by Crippen LogP contribution is -2.34. The van der Waals surface area contributed by atoms with Gasteiger partial charge in [0, 0.05) is 38.8 Å². The van der Waals surface area contributed by atoms with Crippen LogP contribution in [0.2, 0.25) is 0 Å². The van der Waals surface area contributed by atoms with Crippen LogP contribution in [0, 0.1) is 0 Å². The first-order valence-electron chi connectivity index (χ1n) is 21.3. The number of hydrogen-bond acceptors (Lipinski definition) is 3. The molecule has 0 fully saturated rings. The molecule has 3 heteroatoms. The second kappa shape index (κ2) is 14.4. The van der Waals surface area contributed by atoms with Crippen molar-refractivity contribution in [2.75, 3.05) is 0 Å². The van der Waals surface area contributed by atoms with E-state index in [1.165, 1.54) is 27.8 Å². The predicted octanol–water partition coefficient (Wildman–Crippen LogP) is 15.5. The van der Waals surface area contributed by atoms with Gasteiger partial charge in [0.1, 0.15) is 11.2 Å². The van der Waals surface area contributed by atoms with Gasteiger partial charge in [-0.25, -0.2) is 4.98 Å². The molecule has 0 aliphatic heterocycles.